The predicted molar refractivity (Wildman–Crippen MR) is 128 cm³/mol. The second-order valence-corrected chi connectivity index (χ2v) is 11.2. The summed E-state index contributed by atoms with van der Waals surface area (Å²) in [5, 5.41) is 2.07. The molecule has 0 radical (unpaired) electrons. The summed E-state index contributed by atoms with van der Waals surface area (Å²) in [5.41, 5.74) is -0.558. The fourth-order valence-electron chi connectivity index (χ4n) is 5.82. The van der Waals surface area contributed by atoms with Gasteiger partial charge in [-0.3, -0.25) is 0 Å². The molecule has 1 amide bonds. The van der Waals surface area contributed by atoms with Gasteiger partial charge in [0.1, 0.15) is 5.60 Å². The van der Waals surface area contributed by atoms with Crippen LogP contribution in [0.1, 0.15) is 105 Å². The molecule has 3 rings (SSSR count). The zero-order valence-electron chi connectivity index (χ0n) is 21.5. The van der Waals surface area contributed by atoms with Gasteiger partial charge in [0.05, 0.1) is 18.1 Å². The van der Waals surface area contributed by atoms with Crippen LogP contribution in [0.25, 0.3) is 0 Å². The third-order valence-corrected chi connectivity index (χ3v) is 7.51. The van der Waals surface area contributed by atoms with Crippen molar-refractivity contribution in [1.82, 2.24) is 9.96 Å². The molecule has 0 aromatic carbocycles. The first-order valence-electron chi connectivity index (χ1n) is 13.2. The Morgan fingerprint density at radius 2 is 1.42 bits per heavy atom. The van der Waals surface area contributed by atoms with Crippen molar-refractivity contribution >= 4 is 12.1 Å². The third-order valence-electron chi connectivity index (χ3n) is 7.51. The Balaban J connectivity index is 1.69. The fraction of sp³-hybridized carbons (Fsp3) is 0.923. The van der Waals surface area contributed by atoms with Crippen molar-refractivity contribution in [3.8, 4) is 0 Å². The highest BCUT2D eigenvalue weighted by molar-refractivity contribution is 5.73. The maximum Gasteiger partial charge on any atom is 0.410 e. The molecule has 1 aliphatic heterocycles. The molecule has 7 heteroatoms. The van der Waals surface area contributed by atoms with Crippen LogP contribution >= 0.6 is 0 Å². The Morgan fingerprint density at radius 1 is 0.879 bits per heavy atom. The first kappa shape index (κ1) is 26.3. The summed E-state index contributed by atoms with van der Waals surface area (Å²) in [6.07, 6.45) is 12.7. The van der Waals surface area contributed by atoms with E-state index in [2.05, 4.69) is 5.06 Å². The van der Waals surface area contributed by atoms with Crippen LogP contribution < -0.4 is 0 Å². The summed E-state index contributed by atoms with van der Waals surface area (Å²) in [6, 6.07) is 0.456. The molecule has 0 bridgehead atoms. The smallest absolute Gasteiger partial charge is 0.410 e. The Kier molecular flexibility index (Phi) is 9.45. The molecule has 1 saturated heterocycles. The molecular weight excluding hydrogens is 420 g/mol. The van der Waals surface area contributed by atoms with Gasteiger partial charge in [-0.1, -0.05) is 38.5 Å². The van der Waals surface area contributed by atoms with Gasteiger partial charge in [-0.2, -0.15) is 0 Å². The maximum atomic E-state index is 13.4. The van der Waals surface area contributed by atoms with Gasteiger partial charge in [0.2, 0.25) is 0 Å². The Labute approximate surface area is 200 Å². The average Bonchev–Trinajstić information content (AvgIpc) is 3.27. The van der Waals surface area contributed by atoms with Crippen molar-refractivity contribution in [2.24, 2.45) is 5.92 Å². The van der Waals surface area contributed by atoms with E-state index in [-0.39, 0.29) is 18.1 Å². The van der Waals surface area contributed by atoms with Crippen molar-refractivity contribution in [1.29, 1.82) is 0 Å². The number of carbonyl (C=O) groups excluding carboxylic acids is 2. The number of ether oxygens (including phenoxy) is 2. The molecule has 0 spiro atoms. The number of hydroxylamine groups is 2. The standard InChI is InChI=1S/C26H46N2O5/c1-19(23(31-5)22-17-12-18-27(22)25(30)32-26(2,3)4)24(29)33-28(20-13-8-6-9-14-20)21-15-10-7-11-16-21/h19-23H,6-18H2,1-5H3/t19-,22+,23-/m0/s1. The van der Waals surface area contributed by atoms with Crippen LogP contribution in [0.5, 0.6) is 0 Å². The number of hydrogen-bond acceptors (Lipinski definition) is 6. The first-order valence-corrected chi connectivity index (χ1v) is 13.2. The van der Waals surface area contributed by atoms with Crippen LogP contribution in [0.2, 0.25) is 0 Å². The van der Waals surface area contributed by atoms with Gasteiger partial charge in [-0.05, 0) is 66.2 Å². The molecule has 190 valence electrons. The maximum absolute atomic E-state index is 13.4. The Bertz CT molecular complexity index is 619. The minimum absolute atomic E-state index is 0.190. The molecule has 7 nitrogen and oxygen atoms in total. The number of hydrogen-bond donors (Lipinski definition) is 0. The molecule has 0 unspecified atom stereocenters. The van der Waals surface area contributed by atoms with E-state index >= 15 is 0 Å². The van der Waals surface area contributed by atoms with E-state index in [4.69, 9.17) is 14.3 Å². The number of rotatable bonds is 7. The van der Waals surface area contributed by atoms with E-state index in [1.54, 1.807) is 12.0 Å². The summed E-state index contributed by atoms with van der Waals surface area (Å²) in [4.78, 5) is 34.2. The lowest BCUT2D eigenvalue weighted by Gasteiger charge is -2.41. The van der Waals surface area contributed by atoms with Crippen molar-refractivity contribution in [3.05, 3.63) is 0 Å². The second kappa shape index (κ2) is 11.9. The second-order valence-electron chi connectivity index (χ2n) is 11.2. The van der Waals surface area contributed by atoms with Gasteiger partial charge in [-0.25, -0.2) is 9.59 Å². The van der Waals surface area contributed by atoms with Gasteiger partial charge in [0, 0.05) is 25.7 Å². The molecule has 2 saturated carbocycles. The van der Waals surface area contributed by atoms with E-state index in [0.29, 0.717) is 18.6 Å². The number of likely N-dealkylation sites (tertiary alicyclic amines) is 1. The lowest BCUT2D eigenvalue weighted by Crippen LogP contribution is -2.51. The first-order chi connectivity index (χ1) is 15.7. The molecule has 3 aliphatic rings. The topological polar surface area (TPSA) is 68.3 Å². The van der Waals surface area contributed by atoms with E-state index in [0.717, 1.165) is 38.5 Å². The minimum Gasteiger partial charge on any atom is -0.444 e. The van der Waals surface area contributed by atoms with Crippen molar-refractivity contribution < 1.29 is 23.9 Å². The summed E-state index contributed by atoms with van der Waals surface area (Å²) < 4.78 is 11.4. The fourth-order valence-corrected chi connectivity index (χ4v) is 5.82. The van der Waals surface area contributed by atoms with Gasteiger partial charge in [0.25, 0.3) is 0 Å². The van der Waals surface area contributed by atoms with Crippen molar-refractivity contribution in [3.63, 3.8) is 0 Å². The monoisotopic (exact) mass is 466 g/mol. The van der Waals surface area contributed by atoms with E-state index < -0.39 is 17.6 Å². The largest absolute Gasteiger partial charge is 0.444 e. The van der Waals surface area contributed by atoms with Crippen molar-refractivity contribution in [2.75, 3.05) is 13.7 Å². The SMILES string of the molecule is CO[C@@H]([C@H](C)C(=O)ON(C1CCCCC1)C1CCCCC1)[C@H]1CCCN1C(=O)OC(C)(C)C. The number of carbonyl (C=O) groups is 2. The van der Waals surface area contributed by atoms with Crippen LogP contribution in [0.15, 0.2) is 0 Å². The highest BCUT2D eigenvalue weighted by Gasteiger charge is 2.43. The molecule has 0 aromatic heterocycles. The summed E-state index contributed by atoms with van der Waals surface area (Å²) >= 11 is 0. The minimum atomic E-state index is -0.558. The lowest BCUT2D eigenvalue weighted by atomic mass is 9.90. The van der Waals surface area contributed by atoms with Gasteiger partial charge >= 0.3 is 12.1 Å². The van der Waals surface area contributed by atoms with Crippen molar-refractivity contribution in [2.45, 2.75) is 135 Å². The summed E-state index contributed by atoms with van der Waals surface area (Å²) in [5.74, 6) is -0.716. The molecule has 33 heavy (non-hydrogen) atoms. The number of methoxy groups -OCH3 is 1. The van der Waals surface area contributed by atoms with Crippen LogP contribution in [0, 0.1) is 5.92 Å². The predicted octanol–water partition coefficient (Wildman–Crippen LogP) is 5.46. The number of amides is 1. The molecule has 3 fully saturated rings. The van der Waals surface area contributed by atoms with Gasteiger partial charge < -0.3 is 19.2 Å². The Morgan fingerprint density at radius 3 is 1.91 bits per heavy atom. The molecule has 2 aliphatic carbocycles. The van der Waals surface area contributed by atoms with Gasteiger partial charge in [-0.15, -0.1) is 5.06 Å². The van der Waals surface area contributed by atoms with E-state index in [1.165, 1.54) is 38.5 Å². The normalized spacial score (nSPS) is 25.2. The van der Waals surface area contributed by atoms with Crippen LogP contribution in [-0.4, -0.2) is 65.5 Å². The van der Waals surface area contributed by atoms with Crippen LogP contribution in [0.3, 0.4) is 0 Å². The summed E-state index contributed by atoms with van der Waals surface area (Å²) in [7, 11) is 1.63. The molecule has 1 heterocycles. The third kappa shape index (κ3) is 7.08. The molecular formula is C26H46N2O5. The lowest BCUT2D eigenvalue weighted by molar-refractivity contribution is -0.230. The molecule has 0 aromatic rings. The van der Waals surface area contributed by atoms with Crippen LogP contribution in [0.4, 0.5) is 4.79 Å². The van der Waals surface area contributed by atoms with E-state index in [9.17, 15) is 9.59 Å². The molecule has 0 N–H and O–H groups in total. The average molecular weight is 467 g/mol. The van der Waals surface area contributed by atoms with Crippen LogP contribution in [-0.2, 0) is 19.1 Å². The zero-order valence-corrected chi connectivity index (χ0v) is 21.5. The number of nitrogens with zero attached hydrogens (tertiary/aromatic N) is 2. The highest BCUT2D eigenvalue weighted by Crippen LogP contribution is 2.32. The van der Waals surface area contributed by atoms with E-state index in [1.807, 2.05) is 27.7 Å². The molecule has 3 atom stereocenters. The highest BCUT2D eigenvalue weighted by atomic mass is 16.7. The van der Waals surface area contributed by atoms with Gasteiger partial charge in [0.15, 0.2) is 0 Å². The Hall–Kier alpha value is -1.34. The quantitative estimate of drug-likeness (QED) is 0.464. The summed E-state index contributed by atoms with van der Waals surface area (Å²) in [6.45, 7) is 8.11. The zero-order chi connectivity index (χ0) is 24.0.